The quantitative estimate of drug-likeness (QED) is 0.862. The molecule has 0 fully saturated rings. The van der Waals surface area contributed by atoms with Crippen LogP contribution in [0.15, 0.2) is 36.5 Å². The number of hydrogen-bond donors (Lipinski definition) is 2. The number of carbonyl (C=O) groups excluding carboxylic acids is 1. The summed E-state index contributed by atoms with van der Waals surface area (Å²) >= 11 is 1.49. The summed E-state index contributed by atoms with van der Waals surface area (Å²) in [7, 11) is 0. The lowest BCUT2D eigenvalue weighted by atomic mass is 10.00. The number of nitrogens with one attached hydrogen (secondary N) is 1. The number of thiazole rings is 1. The summed E-state index contributed by atoms with van der Waals surface area (Å²) in [5, 5.41) is 3.42. The fourth-order valence-electron chi connectivity index (χ4n) is 1.95. The molecule has 0 aliphatic heterocycles. The molecule has 0 aliphatic rings. The van der Waals surface area contributed by atoms with E-state index in [0.717, 1.165) is 17.7 Å². The number of carbonyl (C=O) groups is 1. The number of hydrogen-bond acceptors (Lipinski definition) is 4. The lowest BCUT2D eigenvalue weighted by Crippen LogP contribution is -2.40. The van der Waals surface area contributed by atoms with Gasteiger partial charge in [0.25, 0.3) is 0 Å². The van der Waals surface area contributed by atoms with Crippen molar-refractivity contribution < 1.29 is 4.79 Å². The molecule has 112 valence electrons. The van der Waals surface area contributed by atoms with Crippen molar-refractivity contribution in [3.05, 3.63) is 47.0 Å². The first-order valence-corrected chi connectivity index (χ1v) is 7.97. The van der Waals surface area contributed by atoms with Crippen molar-refractivity contribution in [2.45, 2.75) is 32.7 Å². The normalized spacial score (nSPS) is 13.7. The molecule has 1 amide bonds. The van der Waals surface area contributed by atoms with Gasteiger partial charge in [0, 0.05) is 17.5 Å². The predicted molar refractivity (Wildman–Crippen MR) is 87.4 cm³/mol. The predicted octanol–water partition coefficient (Wildman–Crippen LogP) is 3.05. The van der Waals surface area contributed by atoms with Gasteiger partial charge >= 0.3 is 0 Å². The summed E-state index contributed by atoms with van der Waals surface area (Å²) in [5.74, 6) is -0.00119. The number of amides is 1. The fourth-order valence-corrected chi connectivity index (χ4v) is 2.79. The first-order valence-electron chi connectivity index (χ1n) is 7.15. The molecule has 0 aliphatic carbocycles. The maximum absolute atomic E-state index is 12.0. The minimum atomic E-state index is -0.489. The van der Waals surface area contributed by atoms with E-state index >= 15 is 0 Å². The van der Waals surface area contributed by atoms with Gasteiger partial charge in [-0.25, -0.2) is 4.98 Å². The highest BCUT2D eigenvalue weighted by Crippen LogP contribution is 2.21. The number of nitrogens with zero attached hydrogens (tertiary/aromatic N) is 1. The molecular formula is C16H21N3OS. The SMILES string of the molecule is CCC(C)C(N)C(=O)Nc1ncc(Cc2ccccc2)s1. The smallest absolute Gasteiger partial charge is 0.243 e. The maximum Gasteiger partial charge on any atom is 0.243 e. The van der Waals surface area contributed by atoms with Crippen molar-refractivity contribution in [2.75, 3.05) is 5.32 Å². The van der Waals surface area contributed by atoms with Crippen molar-refractivity contribution >= 4 is 22.4 Å². The van der Waals surface area contributed by atoms with Gasteiger partial charge in [-0.2, -0.15) is 0 Å². The molecule has 5 heteroatoms. The van der Waals surface area contributed by atoms with Gasteiger partial charge in [0.15, 0.2) is 5.13 Å². The second-order valence-electron chi connectivity index (χ2n) is 5.19. The van der Waals surface area contributed by atoms with Crippen molar-refractivity contribution in [1.82, 2.24) is 4.98 Å². The molecule has 1 aromatic heterocycles. The van der Waals surface area contributed by atoms with E-state index in [0.29, 0.717) is 5.13 Å². The lowest BCUT2D eigenvalue weighted by Gasteiger charge is -2.16. The molecule has 3 N–H and O–H groups in total. The largest absolute Gasteiger partial charge is 0.320 e. The Labute approximate surface area is 129 Å². The maximum atomic E-state index is 12.0. The van der Waals surface area contributed by atoms with E-state index in [1.807, 2.05) is 38.2 Å². The second kappa shape index (κ2) is 7.33. The van der Waals surface area contributed by atoms with Gasteiger partial charge in [-0.05, 0) is 11.5 Å². The minimum absolute atomic E-state index is 0.161. The van der Waals surface area contributed by atoms with E-state index in [1.165, 1.54) is 16.9 Å². The van der Waals surface area contributed by atoms with Crippen LogP contribution in [0, 0.1) is 5.92 Å². The monoisotopic (exact) mass is 303 g/mol. The van der Waals surface area contributed by atoms with Crippen LogP contribution >= 0.6 is 11.3 Å². The van der Waals surface area contributed by atoms with Crippen LogP contribution in [0.3, 0.4) is 0 Å². The number of nitrogens with two attached hydrogens (primary N) is 1. The highest BCUT2D eigenvalue weighted by atomic mass is 32.1. The summed E-state index contributed by atoms with van der Waals surface area (Å²) in [5.41, 5.74) is 7.15. The minimum Gasteiger partial charge on any atom is -0.320 e. The molecule has 1 aromatic carbocycles. The third-order valence-electron chi connectivity index (χ3n) is 3.56. The molecule has 2 unspecified atom stereocenters. The third-order valence-corrected chi connectivity index (χ3v) is 4.48. The Morgan fingerprint density at radius 1 is 1.38 bits per heavy atom. The first-order chi connectivity index (χ1) is 10.1. The Morgan fingerprint density at radius 2 is 2.10 bits per heavy atom. The van der Waals surface area contributed by atoms with Crippen LogP contribution in [0.1, 0.15) is 30.7 Å². The topological polar surface area (TPSA) is 68.0 Å². The van der Waals surface area contributed by atoms with Crippen molar-refractivity contribution in [3.8, 4) is 0 Å². The Bertz CT molecular complexity index is 582. The summed E-state index contributed by atoms with van der Waals surface area (Å²) in [6.07, 6.45) is 3.51. The van der Waals surface area contributed by atoms with Crippen molar-refractivity contribution in [3.63, 3.8) is 0 Å². The number of anilines is 1. The van der Waals surface area contributed by atoms with Crippen LogP contribution < -0.4 is 11.1 Å². The van der Waals surface area contributed by atoms with Gasteiger partial charge < -0.3 is 11.1 Å². The van der Waals surface area contributed by atoms with E-state index in [-0.39, 0.29) is 11.8 Å². The summed E-state index contributed by atoms with van der Waals surface area (Å²) < 4.78 is 0. The highest BCUT2D eigenvalue weighted by Gasteiger charge is 2.20. The molecule has 0 radical (unpaired) electrons. The average Bonchev–Trinajstić information content (AvgIpc) is 2.93. The zero-order chi connectivity index (χ0) is 15.2. The molecule has 2 rings (SSSR count). The molecule has 0 saturated carbocycles. The summed E-state index contributed by atoms with van der Waals surface area (Å²) in [4.78, 5) is 17.4. The van der Waals surface area contributed by atoms with Crippen molar-refractivity contribution in [1.29, 1.82) is 0 Å². The number of aromatic nitrogens is 1. The molecule has 0 spiro atoms. The van der Waals surface area contributed by atoms with E-state index in [1.54, 1.807) is 0 Å². The van der Waals surface area contributed by atoms with Crippen LogP contribution in [-0.2, 0) is 11.2 Å². The van der Waals surface area contributed by atoms with E-state index in [9.17, 15) is 4.79 Å². The van der Waals surface area contributed by atoms with Gasteiger partial charge in [0.2, 0.25) is 5.91 Å². The first kappa shape index (κ1) is 15.7. The fraction of sp³-hybridized carbons (Fsp3) is 0.375. The summed E-state index contributed by atoms with van der Waals surface area (Å²) in [6, 6.07) is 9.71. The zero-order valence-corrected chi connectivity index (χ0v) is 13.2. The molecule has 1 heterocycles. The molecule has 0 bridgehead atoms. The molecule has 0 saturated heterocycles. The highest BCUT2D eigenvalue weighted by molar-refractivity contribution is 7.15. The molecule has 21 heavy (non-hydrogen) atoms. The molecule has 2 aromatic rings. The van der Waals surface area contributed by atoms with Gasteiger partial charge in [-0.15, -0.1) is 11.3 Å². The average molecular weight is 303 g/mol. The zero-order valence-electron chi connectivity index (χ0n) is 12.4. The number of rotatable bonds is 6. The third kappa shape index (κ3) is 4.37. The van der Waals surface area contributed by atoms with Gasteiger partial charge in [-0.3, -0.25) is 4.79 Å². The lowest BCUT2D eigenvalue weighted by molar-refractivity contribution is -0.118. The van der Waals surface area contributed by atoms with Crippen LogP contribution in [-0.4, -0.2) is 16.9 Å². The van der Waals surface area contributed by atoms with Crippen LogP contribution in [0.2, 0.25) is 0 Å². The van der Waals surface area contributed by atoms with Gasteiger partial charge in [-0.1, -0.05) is 50.6 Å². The van der Waals surface area contributed by atoms with Gasteiger partial charge in [0.1, 0.15) is 0 Å². The van der Waals surface area contributed by atoms with Crippen molar-refractivity contribution in [2.24, 2.45) is 11.7 Å². The van der Waals surface area contributed by atoms with Crippen LogP contribution in [0.4, 0.5) is 5.13 Å². The Kier molecular flexibility index (Phi) is 5.47. The van der Waals surface area contributed by atoms with Gasteiger partial charge in [0.05, 0.1) is 6.04 Å². The van der Waals surface area contributed by atoms with E-state index < -0.39 is 6.04 Å². The van der Waals surface area contributed by atoms with Crippen LogP contribution in [0.5, 0.6) is 0 Å². The summed E-state index contributed by atoms with van der Waals surface area (Å²) in [6.45, 7) is 4.01. The van der Waals surface area contributed by atoms with E-state index in [4.69, 9.17) is 5.73 Å². The Balaban J connectivity index is 1.96. The second-order valence-corrected chi connectivity index (χ2v) is 6.31. The molecular weight excluding hydrogens is 282 g/mol. The Hall–Kier alpha value is -1.72. The van der Waals surface area contributed by atoms with E-state index in [2.05, 4.69) is 22.4 Å². The standard InChI is InChI=1S/C16H21N3OS/c1-3-11(2)14(17)15(20)19-16-18-10-13(21-16)9-12-7-5-4-6-8-12/h4-8,10-11,14H,3,9,17H2,1-2H3,(H,18,19,20). The molecule has 2 atom stereocenters. The molecule has 4 nitrogen and oxygen atoms in total. The van der Waals surface area contributed by atoms with Crippen LogP contribution in [0.25, 0.3) is 0 Å². The number of benzene rings is 1. The Morgan fingerprint density at radius 3 is 2.76 bits per heavy atom.